The summed E-state index contributed by atoms with van der Waals surface area (Å²) in [4.78, 5) is 12.4. The lowest BCUT2D eigenvalue weighted by atomic mass is 10.1. The number of carbonyl (C=O) groups excluding carboxylic acids is 1. The fourth-order valence-corrected chi connectivity index (χ4v) is 2.74. The van der Waals surface area contributed by atoms with Gasteiger partial charge in [-0.2, -0.15) is 5.10 Å². The first-order chi connectivity index (χ1) is 13.7. The highest BCUT2D eigenvalue weighted by atomic mass is 35.5. The highest BCUT2D eigenvalue weighted by Crippen LogP contribution is 2.15. The third-order valence-corrected chi connectivity index (χ3v) is 4.34. The first kappa shape index (κ1) is 19.4. The minimum Gasteiger partial charge on any atom is -0.497 e. The van der Waals surface area contributed by atoms with E-state index in [0.717, 1.165) is 16.9 Å². The smallest absolute Gasteiger partial charge is 0.272 e. The lowest BCUT2D eigenvalue weighted by Gasteiger charge is -2.05. The summed E-state index contributed by atoms with van der Waals surface area (Å²) in [5.41, 5.74) is 5.45. The van der Waals surface area contributed by atoms with Gasteiger partial charge in [-0.05, 0) is 35.9 Å². The van der Waals surface area contributed by atoms with E-state index < -0.39 is 0 Å². The van der Waals surface area contributed by atoms with Gasteiger partial charge < -0.3 is 4.74 Å². The molecule has 140 valence electrons. The zero-order valence-electron chi connectivity index (χ0n) is 15.3. The van der Waals surface area contributed by atoms with E-state index in [9.17, 15) is 4.79 Å². The molecule has 0 fully saturated rings. The molecule has 4 nitrogen and oxygen atoms in total. The first-order valence-electron chi connectivity index (χ1n) is 8.67. The summed E-state index contributed by atoms with van der Waals surface area (Å²) in [6, 6.07) is 24.1. The number of halogens is 1. The topological polar surface area (TPSA) is 50.7 Å². The Hall–Kier alpha value is -3.37. The molecule has 0 aliphatic rings. The highest BCUT2D eigenvalue weighted by molar-refractivity contribution is 6.33. The predicted octanol–water partition coefficient (Wildman–Crippen LogP) is 5.20. The Morgan fingerprint density at radius 1 is 0.964 bits per heavy atom. The van der Waals surface area contributed by atoms with Gasteiger partial charge >= 0.3 is 0 Å². The number of benzene rings is 3. The Balaban J connectivity index is 1.84. The molecule has 5 heteroatoms. The zero-order chi connectivity index (χ0) is 19.8. The van der Waals surface area contributed by atoms with Crippen molar-refractivity contribution in [3.8, 4) is 5.75 Å². The van der Waals surface area contributed by atoms with Gasteiger partial charge in [0.15, 0.2) is 0 Å². The number of methoxy groups -OCH3 is 1. The number of rotatable bonds is 6. The van der Waals surface area contributed by atoms with Crippen molar-refractivity contribution in [2.24, 2.45) is 5.10 Å². The van der Waals surface area contributed by atoms with Crippen molar-refractivity contribution in [3.05, 3.63) is 107 Å². The fourth-order valence-electron chi connectivity index (χ4n) is 2.51. The van der Waals surface area contributed by atoms with E-state index in [4.69, 9.17) is 16.3 Å². The summed E-state index contributed by atoms with van der Waals surface area (Å²) < 4.78 is 5.17. The quantitative estimate of drug-likeness (QED) is 0.464. The minimum atomic E-state index is -0.364. The minimum absolute atomic E-state index is 0.364. The number of hydrogen-bond acceptors (Lipinski definition) is 3. The molecule has 0 unspecified atom stereocenters. The highest BCUT2D eigenvalue weighted by Gasteiger charge is 2.09. The molecule has 0 aliphatic carbocycles. The van der Waals surface area contributed by atoms with Crippen LogP contribution in [0.5, 0.6) is 5.75 Å². The Bertz CT molecular complexity index is 997. The zero-order valence-corrected chi connectivity index (χ0v) is 16.1. The van der Waals surface area contributed by atoms with Crippen LogP contribution in [0.3, 0.4) is 0 Å². The predicted molar refractivity (Wildman–Crippen MR) is 114 cm³/mol. The number of hydrogen-bond donors (Lipinski definition) is 1. The molecular formula is C23H19ClN2O2. The molecule has 28 heavy (non-hydrogen) atoms. The van der Waals surface area contributed by atoms with Crippen LogP contribution in [0.15, 0.2) is 90.0 Å². The van der Waals surface area contributed by atoms with E-state index in [2.05, 4.69) is 10.5 Å². The molecule has 0 aliphatic heterocycles. The second-order valence-electron chi connectivity index (χ2n) is 5.89. The van der Waals surface area contributed by atoms with Gasteiger partial charge in [-0.15, -0.1) is 0 Å². The largest absolute Gasteiger partial charge is 0.497 e. The van der Waals surface area contributed by atoms with Gasteiger partial charge in [-0.1, -0.05) is 72.3 Å². The van der Waals surface area contributed by atoms with Crippen molar-refractivity contribution in [2.45, 2.75) is 0 Å². The Morgan fingerprint density at radius 3 is 2.32 bits per heavy atom. The Morgan fingerprint density at radius 2 is 1.64 bits per heavy atom. The molecule has 1 amide bonds. The summed E-state index contributed by atoms with van der Waals surface area (Å²) in [6.07, 6.45) is 3.77. The maximum atomic E-state index is 12.4. The molecule has 0 bridgehead atoms. The van der Waals surface area contributed by atoms with Crippen molar-refractivity contribution in [2.75, 3.05) is 7.11 Å². The lowest BCUT2D eigenvalue weighted by molar-refractivity contribution is 0.0955. The summed E-state index contributed by atoms with van der Waals surface area (Å²) in [6.45, 7) is 0. The number of nitrogens with one attached hydrogen (secondary N) is 1. The van der Waals surface area contributed by atoms with Crippen LogP contribution in [0.4, 0.5) is 0 Å². The van der Waals surface area contributed by atoms with Crippen molar-refractivity contribution >= 4 is 29.3 Å². The summed E-state index contributed by atoms with van der Waals surface area (Å²) in [7, 11) is 1.63. The maximum absolute atomic E-state index is 12.4. The number of amides is 1. The van der Waals surface area contributed by atoms with Crippen LogP contribution in [0.1, 0.15) is 21.5 Å². The number of allylic oxidation sites excluding steroid dienone is 1. The molecule has 3 aromatic rings. The molecule has 1 N–H and O–H groups in total. The van der Waals surface area contributed by atoms with E-state index in [0.29, 0.717) is 16.3 Å². The molecule has 0 spiro atoms. The number of nitrogens with zero attached hydrogens (tertiary/aromatic N) is 1. The van der Waals surface area contributed by atoms with Gasteiger partial charge in [0.25, 0.3) is 5.91 Å². The van der Waals surface area contributed by atoms with Crippen molar-refractivity contribution in [1.29, 1.82) is 0 Å². The Labute approximate surface area is 169 Å². The van der Waals surface area contributed by atoms with E-state index in [-0.39, 0.29) is 5.91 Å². The van der Waals surface area contributed by atoms with Crippen LogP contribution in [0.25, 0.3) is 6.08 Å². The number of hydrazone groups is 1. The molecule has 0 heterocycles. The van der Waals surface area contributed by atoms with Gasteiger partial charge in [-0.25, -0.2) is 5.43 Å². The SMILES string of the molecule is COc1ccc(/C=C/C(=N\NC(=O)c2ccccc2Cl)c2ccccc2)cc1. The van der Waals surface area contributed by atoms with Gasteiger partial charge in [0.2, 0.25) is 0 Å². The third kappa shape index (κ3) is 5.09. The van der Waals surface area contributed by atoms with Crippen molar-refractivity contribution in [1.82, 2.24) is 5.43 Å². The normalized spacial score (nSPS) is 11.4. The molecule has 0 saturated heterocycles. The average Bonchev–Trinajstić information content (AvgIpc) is 2.75. The molecule has 0 radical (unpaired) electrons. The molecule has 3 aromatic carbocycles. The first-order valence-corrected chi connectivity index (χ1v) is 9.05. The van der Waals surface area contributed by atoms with Crippen LogP contribution in [0, 0.1) is 0 Å². The lowest BCUT2D eigenvalue weighted by Crippen LogP contribution is -2.20. The molecular weight excluding hydrogens is 372 g/mol. The number of carbonyl (C=O) groups is 1. The summed E-state index contributed by atoms with van der Waals surface area (Å²) in [5.74, 6) is 0.429. The van der Waals surface area contributed by atoms with Crippen LogP contribution in [-0.2, 0) is 0 Å². The van der Waals surface area contributed by atoms with E-state index in [1.165, 1.54) is 0 Å². The molecule has 3 rings (SSSR count). The maximum Gasteiger partial charge on any atom is 0.272 e. The van der Waals surface area contributed by atoms with Crippen LogP contribution < -0.4 is 10.2 Å². The van der Waals surface area contributed by atoms with E-state index in [1.807, 2.05) is 66.7 Å². The van der Waals surface area contributed by atoms with Crippen molar-refractivity contribution in [3.63, 3.8) is 0 Å². The van der Waals surface area contributed by atoms with Gasteiger partial charge in [0.1, 0.15) is 5.75 Å². The van der Waals surface area contributed by atoms with Gasteiger partial charge in [0, 0.05) is 5.56 Å². The molecule has 0 atom stereocenters. The third-order valence-electron chi connectivity index (χ3n) is 4.02. The van der Waals surface area contributed by atoms with Crippen LogP contribution in [0.2, 0.25) is 5.02 Å². The Kier molecular flexibility index (Phi) is 6.60. The summed E-state index contributed by atoms with van der Waals surface area (Å²) >= 11 is 6.08. The van der Waals surface area contributed by atoms with E-state index >= 15 is 0 Å². The van der Waals surface area contributed by atoms with E-state index in [1.54, 1.807) is 31.4 Å². The van der Waals surface area contributed by atoms with Crippen molar-refractivity contribution < 1.29 is 9.53 Å². The average molecular weight is 391 g/mol. The molecule has 0 aromatic heterocycles. The second kappa shape index (κ2) is 9.53. The van der Waals surface area contributed by atoms with Gasteiger partial charge in [-0.3, -0.25) is 4.79 Å². The van der Waals surface area contributed by atoms with Crippen LogP contribution >= 0.6 is 11.6 Å². The second-order valence-corrected chi connectivity index (χ2v) is 6.30. The fraction of sp³-hybridized carbons (Fsp3) is 0.0435. The van der Waals surface area contributed by atoms with Crippen LogP contribution in [-0.4, -0.2) is 18.7 Å². The van der Waals surface area contributed by atoms with Gasteiger partial charge in [0.05, 0.1) is 23.4 Å². The summed E-state index contributed by atoms with van der Waals surface area (Å²) in [5, 5.41) is 4.69. The number of ether oxygens (including phenoxy) is 1. The molecule has 0 saturated carbocycles. The standard InChI is InChI=1S/C23H19ClN2O2/c1-28-19-14-11-17(12-15-19)13-16-22(18-7-3-2-4-8-18)25-26-23(27)20-9-5-6-10-21(20)24/h2-16H,1H3,(H,26,27)/b16-13+,25-22+. The monoisotopic (exact) mass is 390 g/mol.